The van der Waals surface area contributed by atoms with Crippen molar-refractivity contribution in [2.75, 3.05) is 0 Å². The lowest BCUT2D eigenvalue weighted by atomic mass is 9.90. The van der Waals surface area contributed by atoms with Gasteiger partial charge in [0.2, 0.25) is 0 Å². The summed E-state index contributed by atoms with van der Waals surface area (Å²) in [6.45, 7) is 10.5. The zero-order chi connectivity index (χ0) is 16.3. The van der Waals surface area contributed by atoms with Crippen molar-refractivity contribution in [3.63, 3.8) is 0 Å². The molecule has 21 heavy (non-hydrogen) atoms. The van der Waals surface area contributed by atoms with Crippen molar-refractivity contribution >= 4 is 0 Å². The molecular weight excluding hydrogens is 256 g/mol. The van der Waals surface area contributed by atoms with Crippen LogP contribution in [-0.2, 0) is 0 Å². The van der Waals surface area contributed by atoms with Gasteiger partial charge in [-0.3, -0.25) is 0 Å². The molecule has 0 aromatic carbocycles. The van der Waals surface area contributed by atoms with Crippen molar-refractivity contribution in [2.24, 2.45) is 5.92 Å². The topological polar surface area (TPSA) is 20.2 Å². The molecule has 2 unspecified atom stereocenters. The second-order valence-corrected chi connectivity index (χ2v) is 6.26. The van der Waals surface area contributed by atoms with Crippen molar-refractivity contribution in [3.05, 3.63) is 0 Å². The first-order chi connectivity index (χ1) is 10.2. The Balaban J connectivity index is 0. The van der Waals surface area contributed by atoms with Crippen molar-refractivity contribution in [1.82, 2.24) is 0 Å². The van der Waals surface area contributed by atoms with E-state index in [1.807, 2.05) is 20.8 Å². The van der Waals surface area contributed by atoms with Crippen LogP contribution in [0.15, 0.2) is 0 Å². The van der Waals surface area contributed by atoms with Crippen LogP contribution in [0.5, 0.6) is 0 Å². The standard InChI is InChI=1S/C18H38O.C2H6/c1-4-6-8-10-12-14-16-18(17(3)19)15-13-11-9-7-5-2;1-2/h17-19H,4-16H2,1-3H3;1-2H3. The van der Waals surface area contributed by atoms with E-state index in [0.717, 1.165) is 0 Å². The molecule has 1 nitrogen and oxygen atoms in total. The molecule has 0 amide bonds. The number of aliphatic hydroxyl groups excluding tert-OH is 1. The molecule has 0 saturated carbocycles. The molecule has 0 aliphatic carbocycles. The van der Waals surface area contributed by atoms with Gasteiger partial charge in [-0.15, -0.1) is 0 Å². The molecule has 2 atom stereocenters. The van der Waals surface area contributed by atoms with E-state index in [2.05, 4.69) is 13.8 Å². The highest BCUT2D eigenvalue weighted by atomic mass is 16.3. The Labute approximate surface area is 135 Å². The average molecular weight is 301 g/mol. The van der Waals surface area contributed by atoms with Crippen LogP contribution in [0.2, 0.25) is 0 Å². The highest BCUT2D eigenvalue weighted by Crippen LogP contribution is 2.22. The SMILES string of the molecule is CC.CCCCCCCCC(CCCCCCC)C(C)O. The first-order valence-electron chi connectivity index (χ1n) is 9.90. The molecule has 0 aliphatic heterocycles. The summed E-state index contributed by atoms with van der Waals surface area (Å²) in [7, 11) is 0. The van der Waals surface area contributed by atoms with Gasteiger partial charge in [-0.1, -0.05) is 98.3 Å². The Morgan fingerprint density at radius 2 is 0.952 bits per heavy atom. The maximum absolute atomic E-state index is 9.86. The van der Waals surface area contributed by atoms with Crippen molar-refractivity contribution in [1.29, 1.82) is 0 Å². The molecule has 130 valence electrons. The lowest BCUT2D eigenvalue weighted by Crippen LogP contribution is -2.16. The number of aliphatic hydroxyl groups is 1. The van der Waals surface area contributed by atoms with Crippen LogP contribution in [-0.4, -0.2) is 11.2 Å². The Morgan fingerprint density at radius 3 is 1.29 bits per heavy atom. The fourth-order valence-electron chi connectivity index (χ4n) is 2.82. The van der Waals surface area contributed by atoms with Crippen LogP contribution in [0, 0.1) is 5.92 Å². The molecule has 0 bridgehead atoms. The molecule has 0 fully saturated rings. The monoisotopic (exact) mass is 300 g/mol. The average Bonchev–Trinajstić information content (AvgIpc) is 2.50. The third kappa shape index (κ3) is 17.9. The van der Waals surface area contributed by atoms with E-state index in [0.29, 0.717) is 5.92 Å². The molecule has 0 aromatic rings. The summed E-state index contributed by atoms with van der Waals surface area (Å²) in [4.78, 5) is 0. The molecule has 0 rings (SSSR count). The van der Waals surface area contributed by atoms with Gasteiger partial charge in [-0.2, -0.15) is 0 Å². The Kier molecular flexibility index (Phi) is 22.1. The number of unbranched alkanes of at least 4 members (excludes halogenated alkanes) is 9. The van der Waals surface area contributed by atoms with Gasteiger partial charge >= 0.3 is 0 Å². The lowest BCUT2D eigenvalue weighted by Gasteiger charge is -2.19. The highest BCUT2D eigenvalue weighted by Gasteiger charge is 2.13. The summed E-state index contributed by atoms with van der Waals surface area (Å²) in [6.07, 6.45) is 17.3. The van der Waals surface area contributed by atoms with Gasteiger partial charge in [0, 0.05) is 0 Å². The van der Waals surface area contributed by atoms with Crippen molar-refractivity contribution < 1.29 is 5.11 Å². The number of hydrogen-bond donors (Lipinski definition) is 1. The van der Waals surface area contributed by atoms with Crippen LogP contribution in [0.25, 0.3) is 0 Å². The summed E-state index contributed by atoms with van der Waals surface area (Å²) < 4.78 is 0. The minimum Gasteiger partial charge on any atom is -0.393 e. The van der Waals surface area contributed by atoms with Crippen LogP contribution in [0.4, 0.5) is 0 Å². The quantitative estimate of drug-likeness (QED) is 0.338. The molecule has 0 aliphatic rings. The maximum Gasteiger partial charge on any atom is 0.0540 e. The van der Waals surface area contributed by atoms with Gasteiger partial charge in [0.05, 0.1) is 6.10 Å². The van der Waals surface area contributed by atoms with Crippen molar-refractivity contribution in [2.45, 2.75) is 124 Å². The van der Waals surface area contributed by atoms with Crippen LogP contribution >= 0.6 is 0 Å². The smallest absolute Gasteiger partial charge is 0.0540 e. The van der Waals surface area contributed by atoms with Crippen molar-refractivity contribution in [3.8, 4) is 0 Å². The van der Waals surface area contributed by atoms with Gasteiger partial charge in [0.1, 0.15) is 0 Å². The van der Waals surface area contributed by atoms with E-state index >= 15 is 0 Å². The maximum atomic E-state index is 9.86. The molecule has 0 radical (unpaired) electrons. The molecule has 0 spiro atoms. The van der Waals surface area contributed by atoms with Gasteiger partial charge in [0.15, 0.2) is 0 Å². The zero-order valence-corrected chi connectivity index (χ0v) is 15.8. The Bertz CT molecular complexity index is 165. The summed E-state index contributed by atoms with van der Waals surface area (Å²) in [6, 6.07) is 0. The normalized spacial score (nSPS) is 13.4. The van der Waals surface area contributed by atoms with Crippen LogP contribution < -0.4 is 0 Å². The zero-order valence-electron chi connectivity index (χ0n) is 15.8. The molecule has 1 heteroatoms. The molecule has 0 saturated heterocycles. The predicted molar refractivity (Wildman–Crippen MR) is 97.9 cm³/mol. The summed E-state index contributed by atoms with van der Waals surface area (Å²) >= 11 is 0. The third-order valence-electron chi connectivity index (χ3n) is 4.29. The lowest BCUT2D eigenvalue weighted by molar-refractivity contribution is 0.111. The van der Waals surface area contributed by atoms with E-state index in [9.17, 15) is 5.11 Å². The summed E-state index contributed by atoms with van der Waals surface area (Å²) in [5.41, 5.74) is 0. The first kappa shape index (κ1) is 23.2. The second-order valence-electron chi connectivity index (χ2n) is 6.26. The first-order valence-corrected chi connectivity index (χ1v) is 9.90. The molecule has 0 aromatic heterocycles. The molecular formula is C20H44O. The fourth-order valence-corrected chi connectivity index (χ4v) is 2.82. The van der Waals surface area contributed by atoms with Gasteiger partial charge in [-0.05, 0) is 25.7 Å². The largest absolute Gasteiger partial charge is 0.393 e. The summed E-state index contributed by atoms with van der Waals surface area (Å²) in [5.74, 6) is 0.549. The Morgan fingerprint density at radius 1 is 0.619 bits per heavy atom. The predicted octanol–water partition coefficient (Wildman–Crippen LogP) is 7.12. The van der Waals surface area contributed by atoms with E-state index in [4.69, 9.17) is 0 Å². The number of rotatable bonds is 14. The number of hydrogen-bond acceptors (Lipinski definition) is 1. The summed E-state index contributed by atoms with van der Waals surface area (Å²) in [5, 5.41) is 9.86. The minimum absolute atomic E-state index is 0.109. The van der Waals surface area contributed by atoms with Crippen LogP contribution in [0.3, 0.4) is 0 Å². The van der Waals surface area contributed by atoms with Gasteiger partial charge in [0.25, 0.3) is 0 Å². The van der Waals surface area contributed by atoms with Gasteiger partial charge < -0.3 is 5.11 Å². The van der Waals surface area contributed by atoms with Gasteiger partial charge in [-0.25, -0.2) is 0 Å². The fraction of sp³-hybridized carbons (Fsp3) is 1.00. The van der Waals surface area contributed by atoms with E-state index in [-0.39, 0.29) is 6.10 Å². The minimum atomic E-state index is -0.109. The van der Waals surface area contributed by atoms with Crippen LogP contribution in [0.1, 0.15) is 118 Å². The van der Waals surface area contributed by atoms with E-state index in [1.165, 1.54) is 83.5 Å². The second kappa shape index (κ2) is 20.0. The molecule has 0 heterocycles. The van der Waals surface area contributed by atoms with E-state index in [1.54, 1.807) is 0 Å². The Hall–Kier alpha value is -0.0400. The third-order valence-corrected chi connectivity index (χ3v) is 4.29. The molecule has 1 N–H and O–H groups in total. The highest BCUT2D eigenvalue weighted by molar-refractivity contribution is 4.65. The van der Waals surface area contributed by atoms with E-state index < -0.39 is 0 Å².